The molecule has 1 nitrogen and oxygen atoms in total. The molecule has 0 heterocycles. The lowest BCUT2D eigenvalue weighted by molar-refractivity contribution is 0.251. The quantitative estimate of drug-likeness (QED) is 0.727. The number of hydrogen-bond acceptors (Lipinski definition) is 1. The van der Waals surface area contributed by atoms with Crippen LogP contribution in [0.5, 0.6) is 0 Å². The van der Waals surface area contributed by atoms with Crippen molar-refractivity contribution in [2.45, 2.75) is 77.3 Å². The molecule has 2 rings (SSSR count). The van der Waals surface area contributed by atoms with Crippen LogP contribution in [0.15, 0.2) is 0 Å². The van der Waals surface area contributed by atoms with Crippen LogP contribution < -0.4 is 5.32 Å². The lowest BCUT2D eigenvalue weighted by atomic mass is 9.83. The zero-order valence-electron chi connectivity index (χ0n) is 10.5. The molecule has 0 radical (unpaired) electrons. The van der Waals surface area contributed by atoms with Crippen molar-refractivity contribution < 1.29 is 0 Å². The first-order valence-electron chi connectivity index (χ1n) is 7.09. The highest BCUT2D eigenvalue weighted by atomic mass is 15.0. The van der Waals surface area contributed by atoms with Crippen LogP contribution in [-0.2, 0) is 0 Å². The van der Waals surface area contributed by atoms with E-state index in [9.17, 15) is 0 Å². The topological polar surface area (TPSA) is 12.0 Å². The molecule has 0 aromatic rings. The highest BCUT2D eigenvalue weighted by Crippen LogP contribution is 2.35. The first kappa shape index (κ1) is 11.4. The van der Waals surface area contributed by atoms with Gasteiger partial charge in [0, 0.05) is 12.1 Å². The molecule has 0 amide bonds. The Balaban J connectivity index is 1.76. The first-order chi connectivity index (χ1) is 7.33. The largest absolute Gasteiger partial charge is 0.311 e. The molecule has 0 saturated heterocycles. The second-order valence-electron chi connectivity index (χ2n) is 5.66. The molecule has 0 spiro atoms. The molecule has 88 valence electrons. The van der Waals surface area contributed by atoms with Gasteiger partial charge in [0.05, 0.1) is 0 Å². The minimum Gasteiger partial charge on any atom is -0.311 e. The second kappa shape index (κ2) is 5.34. The summed E-state index contributed by atoms with van der Waals surface area (Å²) in [7, 11) is 0. The van der Waals surface area contributed by atoms with Crippen LogP contribution in [-0.4, -0.2) is 12.1 Å². The lowest BCUT2D eigenvalue weighted by Crippen LogP contribution is -2.41. The molecule has 2 saturated carbocycles. The van der Waals surface area contributed by atoms with Gasteiger partial charge in [-0.3, -0.25) is 0 Å². The van der Waals surface area contributed by atoms with Crippen molar-refractivity contribution in [1.82, 2.24) is 5.32 Å². The molecule has 3 unspecified atom stereocenters. The van der Waals surface area contributed by atoms with Crippen molar-refractivity contribution in [1.29, 1.82) is 0 Å². The summed E-state index contributed by atoms with van der Waals surface area (Å²) in [5, 5.41) is 3.93. The summed E-state index contributed by atoms with van der Waals surface area (Å²) in [5.41, 5.74) is 0. The van der Waals surface area contributed by atoms with Crippen LogP contribution in [0.2, 0.25) is 0 Å². The maximum absolute atomic E-state index is 3.93. The monoisotopic (exact) mass is 209 g/mol. The van der Waals surface area contributed by atoms with Crippen LogP contribution >= 0.6 is 0 Å². The van der Waals surface area contributed by atoms with E-state index in [1.165, 1.54) is 51.4 Å². The van der Waals surface area contributed by atoms with Crippen molar-refractivity contribution in [2.75, 3.05) is 0 Å². The molecule has 15 heavy (non-hydrogen) atoms. The average molecular weight is 209 g/mol. The molecule has 2 fully saturated rings. The van der Waals surface area contributed by atoms with Gasteiger partial charge in [0.25, 0.3) is 0 Å². The SMILES string of the molecule is CCC1CCCC(NC(CC)C2CC2)C1. The summed E-state index contributed by atoms with van der Waals surface area (Å²) in [6, 6.07) is 1.68. The van der Waals surface area contributed by atoms with E-state index in [1.54, 1.807) is 0 Å². The molecule has 3 atom stereocenters. The lowest BCUT2D eigenvalue weighted by Gasteiger charge is -2.32. The van der Waals surface area contributed by atoms with E-state index in [2.05, 4.69) is 19.2 Å². The Morgan fingerprint density at radius 2 is 1.93 bits per heavy atom. The van der Waals surface area contributed by atoms with Gasteiger partial charge in [-0.05, 0) is 43.9 Å². The Labute approximate surface area is 95.0 Å². The van der Waals surface area contributed by atoms with Gasteiger partial charge in [-0.1, -0.05) is 33.1 Å². The Morgan fingerprint density at radius 3 is 2.53 bits per heavy atom. The summed E-state index contributed by atoms with van der Waals surface area (Å²) in [6.45, 7) is 4.70. The van der Waals surface area contributed by atoms with E-state index in [0.29, 0.717) is 0 Å². The highest BCUT2D eigenvalue weighted by molar-refractivity contribution is 4.89. The normalized spacial score (nSPS) is 34.0. The summed E-state index contributed by atoms with van der Waals surface area (Å²) in [5.74, 6) is 2.03. The molecule has 0 aromatic carbocycles. The van der Waals surface area contributed by atoms with E-state index >= 15 is 0 Å². The minimum atomic E-state index is 0.839. The van der Waals surface area contributed by atoms with E-state index in [0.717, 1.165) is 23.9 Å². The fourth-order valence-electron chi connectivity index (χ4n) is 3.20. The second-order valence-corrected chi connectivity index (χ2v) is 5.66. The molecular weight excluding hydrogens is 182 g/mol. The number of rotatable bonds is 5. The molecular formula is C14H27N. The molecule has 2 aliphatic rings. The predicted octanol–water partition coefficient (Wildman–Crippen LogP) is 3.73. The van der Waals surface area contributed by atoms with Gasteiger partial charge in [-0.25, -0.2) is 0 Å². The fraction of sp³-hybridized carbons (Fsp3) is 1.00. The third-order valence-electron chi connectivity index (χ3n) is 4.44. The van der Waals surface area contributed by atoms with E-state index in [4.69, 9.17) is 0 Å². The van der Waals surface area contributed by atoms with Gasteiger partial charge in [-0.2, -0.15) is 0 Å². The number of nitrogens with one attached hydrogen (secondary N) is 1. The molecule has 2 aliphatic carbocycles. The van der Waals surface area contributed by atoms with Gasteiger partial charge in [0.15, 0.2) is 0 Å². The van der Waals surface area contributed by atoms with Crippen molar-refractivity contribution in [2.24, 2.45) is 11.8 Å². The van der Waals surface area contributed by atoms with Crippen LogP contribution in [0.3, 0.4) is 0 Å². The highest BCUT2D eigenvalue weighted by Gasteiger charge is 2.32. The smallest absolute Gasteiger partial charge is 0.00952 e. The van der Waals surface area contributed by atoms with Crippen LogP contribution in [0, 0.1) is 11.8 Å². The van der Waals surface area contributed by atoms with Crippen molar-refractivity contribution >= 4 is 0 Å². The van der Waals surface area contributed by atoms with Gasteiger partial charge in [-0.15, -0.1) is 0 Å². The van der Waals surface area contributed by atoms with Gasteiger partial charge >= 0.3 is 0 Å². The Bertz CT molecular complexity index is 186. The summed E-state index contributed by atoms with van der Waals surface area (Å²) in [4.78, 5) is 0. The third-order valence-corrected chi connectivity index (χ3v) is 4.44. The summed E-state index contributed by atoms with van der Waals surface area (Å²) in [6.07, 6.45) is 11.5. The predicted molar refractivity (Wildman–Crippen MR) is 66.0 cm³/mol. The zero-order chi connectivity index (χ0) is 10.7. The standard InChI is InChI=1S/C14H27N/c1-3-11-6-5-7-13(10-11)15-14(4-2)12-8-9-12/h11-15H,3-10H2,1-2H3. The fourth-order valence-corrected chi connectivity index (χ4v) is 3.20. The van der Waals surface area contributed by atoms with E-state index in [-0.39, 0.29) is 0 Å². The summed E-state index contributed by atoms with van der Waals surface area (Å²) < 4.78 is 0. The average Bonchev–Trinajstić information content (AvgIpc) is 3.10. The van der Waals surface area contributed by atoms with Crippen molar-refractivity contribution in [3.63, 3.8) is 0 Å². The Morgan fingerprint density at radius 1 is 1.13 bits per heavy atom. The molecule has 1 heteroatoms. The maximum Gasteiger partial charge on any atom is 0.00952 e. The van der Waals surface area contributed by atoms with Crippen molar-refractivity contribution in [3.05, 3.63) is 0 Å². The zero-order valence-corrected chi connectivity index (χ0v) is 10.5. The molecule has 0 aliphatic heterocycles. The summed E-state index contributed by atoms with van der Waals surface area (Å²) >= 11 is 0. The molecule has 0 bridgehead atoms. The van der Waals surface area contributed by atoms with Gasteiger partial charge in [0.2, 0.25) is 0 Å². The Kier molecular flexibility index (Phi) is 4.07. The molecule has 0 aromatic heterocycles. The van der Waals surface area contributed by atoms with Crippen LogP contribution in [0.4, 0.5) is 0 Å². The van der Waals surface area contributed by atoms with Crippen molar-refractivity contribution in [3.8, 4) is 0 Å². The van der Waals surface area contributed by atoms with E-state index in [1.807, 2.05) is 0 Å². The Hall–Kier alpha value is -0.0400. The maximum atomic E-state index is 3.93. The third kappa shape index (κ3) is 3.21. The van der Waals surface area contributed by atoms with Crippen LogP contribution in [0.1, 0.15) is 65.2 Å². The van der Waals surface area contributed by atoms with Gasteiger partial charge < -0.3 is 5.32 Å². The van der Waals surface area contributed by atoms with Crippen LogP contribution in [0.25, 0.3) is 0 Å². The first-order valence-corrected chi connectivity index (χ1v) is 7.09. The molecule has 1 N–H and O–H groups in total. The number of hydrogen-bond donors (Lipinski definition) is 1. The van der Waals surface area contributed by atoms with E-state index < -0.39 is 0 Å². The van der Waals surface area contributed by atoms with Gasteiger partial charge in [0.1, 0.15) is 0 Å². The minimum absolute atomic E-state index is 0.839.